The van der Waals surface area contributed by atoms with E-state index >= 15 is 0 Å². The maximum Gasteiger partial charge on any atom is 0.128 e. The smallest absolute Gasteiger partial charge is 0.128 e. The van der Waals surface area contributed by atoms with E-state index in [9.17, 15) is 5.11 Å². The normalized spacial score (nSPS) is 21.9. The van der Waals surface area contributed by atoms with Gasteiger partial charge in [-0.2, -0.15) is 0 Å². The Morgan fingerprint density at radius 3 is 2.85 bits per heavy atom. The van der Waals surface area contributed by atoms with E-state index in [1.54, 1.807) is 7.11 Å². The standard InChI is InChI=1S/C16H25NO3/c1-3-9-17-11-12-7-8-13(19-2)10-16(12)20-15-6-4-5-14(15)18/h7-8,10,14-15,17-18H,3-6,9,11H2,1-2H3. The zero-order valence-electron chi connectivity index (χ0n) is 12.4. The Bertz CT molecular complexity index is 422. The van der Waals surface area contributed by atoms with E-state index in [1.807, 2.05) is 18.2 Å². The van der Waals surface area contributed by atoms with E-state index in [4.69, 9.17) is 9.47 Å². The van der Waals surface area contributed by atoms with Crippen LogP contribution in [-0.2, 0) is 6.54 Å². The molecule has 1 fully saturated rings. The topological polar surface area (TPSA) is 50.7 Å². The molecule has 0 aromatic heterocycles. The van der Waals surface area contributed by atoms with Gasteiger partial charge in [-0.25, -0.2) is 0 Å². The van der Waals surface area contributed by atoms with Gasteiger partial charge < -0.3 is 19.9 Å². The summed E-state index contributed by atoms with van der Waals surface area (Å²) in [5.74, 6) is 1.60. The third kappa shape index (κ3) is 3.87. The summed E-state index contributed by atoms with van der Waals surface area (Å²) in [4.78, 5) is 0. The van der Waals surface area contributed by atoms with Crippen LogP contribution in [-0.4, -0.2) is 31.0 Å². The number of rotatable bonds is 7. The van der Waals surface area contributed by atoms with Crippen molar-refractivity contribution < 1.29 is 14.6 Å². The lowest BCUT2D eigenvalue weighted by Gasteiger charge is -2.20. The lowest BCUT2D eigenvalue weighted by molar-refractivity contribution is 0.0595. The lowest BCUT2D eigenvalue weighted by atomic mass is 10.1. The molecule has 0 radical (unpaired) electrons. The van der Waals surface area contributed by atoms with E-state index in [-0.39, 0.29) is 12.2 Å². The highest BCUT2D eigenvalue weighted by Crippen LogP contribution is 2.30. The van der Waals surface area contributed by atoms with Crippen molar-refractivity contribution in [1.29, 1.82) is 0 Å². The van der Waals surface area contributed by atoms with Crippen LogP contribution in [0.5, 0.6) is 11.5 Å². The number of benzene rings is 1. The zero-order chi connectivity index (χ0) is 14.4. The second-order valence-corrected chi connectivity index (χ2v) is 5.30. The van der Waals surface area contributed by atoms with Gasteiger partial charge in [-0.3, -0.25) is 0 Å². The molecule has 0 spiro atoms. The van der Waals surface area contributed by atoms with Crippen molar-refractivity contribution >= 4 is 0 Å². The molecule has 2 N–H and O–H groups in total. The average Bonchev–Trinajstić information content (AvgIpc) is 2.86. The molecule has 1 saturated carbocycles. The summed E-state index contributed by atoms with van der Waals surface area (Å²) >= 11 is 0. The zero-order valence-corrected chi connectivity index (χ0v) is 12.4. The van der Waals surface area contributed by atoms with Crippen molar-refractivity contribution in [2.24, 2.45) is 0 Å². The SMILES string of the molecule is CCCNCc1ccc(OC)cc1OC1CCCC1O. The number of ether oxygens (including phenoxy) is 2. The molecular weight excluding hydrogens is 254 g/mol. The van der Waals surface area contributed by atoms with E-state index in [0.29, 0.717) is 0 Å². The van der Waals surface area contributed by atoms with E-state index < -0.39 is 0 Å². The summed E-state index contributed by atoms with van der Waals surface area (Å²) in [6.07, 6.45) is 3.44. The van der Waals surface area contributed by atoms with Crippen LogP contribution >= 0.6 is 0 Å². The molecule has 0 aliphatic heterocycles. The summed E-state index contributed by atoms with van der Waals surface area (Å²) < 4.78 is 11.3. The van der Waals surface area contributed by atoms with E-state index in [2.05, 4.69) is 12.2 Å². The third-order valence-corrected chi connectivity index (χ3v) is 3.71. The van der Waals surface area contributed by atoms with Gasteiger partial charge in [-0.15, -0.1) is 0 Å². The Hall–Kier alpha value is -1.26. The van der Waals surface area contributed by atoms with Crippen molar-refractivity contribution in [2.75, 3.05) is 13.7 Å². The Labute approximate surface area is 121 Å². The summed E-state index contributed by atoms with van der Waals surface area (Å²) in [5, 5.41) is 13.3. The minimum absolute atomic E-state index is 0.0907. The number of nitrogens with one attached hydrogen (secondary N) is 1. The molecule has 112 valence electrons. The predicted molar refractivity (Wildman–Crippen MR) is 79.3 cm³/mol. The maximum atomic E-state index is 9.91. The molecule has 1 aromatic carbocycles. The third-order valence-electron chi connectivity index (χ3n) is 3.71. The largest absolute Gasteiger partial charge is 0.497 e. The van der Waals surface area contributed by atoms with Crippen LogP contribution in [0.4, 0.5) is 0 Å². The van der Waals surface area contributed by atoms with E-state index in [1.165, 1.54) is 0 Å². The summed E-state index contributed by atoms with van der Waals surface area (Å²) in [6, 6.07) is 5.88. The van der Waals surface area contributed by atoms with Crippen molar-refractivity contribution in [2.45, 2.75) is 51.4 Å². The van der Waals surface area contributed by atoms with Crippen molar-refractivity contribution in [3.8, 4) is 11.5 Å². The molecule has 2 rings (SSSR count). The Kier molecular flexibility index (Phi) is 5.68. The van der Waals surface area contributed by atoms with Crippen LogP contribution in [0.1, 0.15) is 38.2 Å². The molecule has 0 bridgehead atoms. The number of hydrogen-bond donors (Lipinski definition) is 2. The van der Waals surface area contributed by atoms with Crippen LogP contribution < -0.4 is 14.8 Å². The summed E-state index contributed by atoms with van der Waals surface area (Å²) in [7, 11) is 1.65. The number of hydrogen-bond acceptors (Lipinski definition) is 4. The van der Waals surface area contributed by atoms with Gasteiger partial charge in [0.1, 0.15) is 17.6 Å². The molecule has 1 aliphatic rings. The van der Waals surface area contributed by atoms with Gasteiger partial charge in [0.2, 0.25) is 0 Å². The van der Waals surface area contributed by atoms with Crippen LogP contribution in [0.25, 0.3) is 0 Å². The van der Waals surface area contributed by atoms with Gasteiger partial charge in [-0.05, 0) is 38.3 Å². The quantitative estimate of drug-likeness (QED) is 0.753. The molecule has 4 nitrogen and oxygen atoms in total. The monoisotopic (exact) mass is 279 g/mol. The Balaban J connectivity index is 2.09. The average molecular weight is 279 g/mol. The Morgan fingerprint density at radius 2 is 2.20 bits per heavy atom. The number of methoxy groups -OCH3 is 1. The predicted octanol–water partition coefficient (Wildman–Crippen LogP) is 2.49. The van der Waals surface area contributed by atoms with Crippen molar-refractivity contribution in [3.63, 3.8) is 0 Å². The molecule has 20 heavy (non-hydrogen) atoms. The first kappa shape index (κ1) is 15.1. The second-order valence-electron chi connectivity index (χ2n) is 5.30. The fourth-order valence-corrected chi connectivity index (χ4v) is 2.52. The second kappa shape index (κ2) is 7.50. The van der Waals surface area contributed by atoms with Crippen LogP contribution in [0.3, 0.4) is 0 Å². The van der Waals surface area contributed by atoms with Gasteiger partial charge >= 0.3 is 0 Å². The summed E-state index contributed by atoms with van der Waals surface area (Å²) in [6.45, 7) is 3.90. The van der Waals surface area contributed by atoms with Gasteiger partial charge in [-0.1, -0.05) is 13.0 Å². The van der Waals surface area contributed by atoms with Gasteiger partial charge in [0.25, 0.3) is 0 Å². The minimum atomic E-state index is -0.349. The molecule has 0 saturated heterocycles. The molecule has 2 unspecified atom stereocenters. The first-order chi connectivity index (χ1) is 9.74. The highest BCUT2D eigenvalue weighted by Gasteiger charge is 2.27. The van der Waals surface area contributed by atoms with Crippen molar-refractivity contribution in [1.82, 2.24) is 5.32 Å². The fourth-order valence-electron chi connectivity index (χ4n) is 2.52. The summed E-state index contributed by atoms with van der Waals surface area (Å²) in [5.41, 5.74) is 1.11. The fraction of sp³-hybridized carbons (Fsp3) is 0.625. The molecule has 1 aliphatic carbocycles. The molecule has 1 aromatic rings. The van der Waals surface area contributed by atoms with Gasteiger partial charge in [0, 0.05) is 18.2 Å². The Morgan fingerprint density at radius 1 is 1.35 bits per heavy atom. The minimum Gasteiger partial charge on any atom is -0.497 e. The molecule has 0 amide bonds. The van der Waals surface area contributed by atoms with Crippen molar-refractivity contribution in [3.05, 3.63) is 23.8 Å². The number of aliphatic hydroxyl groups is 1. The highest BCUT2D eigenvalue weighted by molar-refractivity contribution is 5.41. The lowest BCUT2D eigenvalue weighted by Crippen LogP contribution is -2.26. The van der Waals surface area contributed by atoms with Crippen LogP contribution in [0, 0.1) is 0 Å². The maximum absolute atomic E-state index is 9.91. The molecule has 4 heteroatoms. The first-order valence-electron chi connectivity index (χ1n) is 7.47. The van der Waals surface area contributed by atoms with E-state index in [0.717, 1.165) is 55.8 Å². The highest BCUT2D eigenvalue weighted by atomic mass is 16.5. The van der Waals surface area contributed by atoms with Gasteiger partial charge in [0.15, 0.2) is 0 Å². The first-order valence-corrected chi connectivity index (χ1v) is 7.47. The van der Waals surface area contributed by atoms with Gasteiger partial charge in [0.05, 0.1) is 13.2 Å². The van der Waals surface area contributed by atoms with Crippen LogP contribution in [0.15, 0.2) is 18.2 Å². The number of aliphatic hydroxyl groups excluding tert-OH is 1. The van der Waals surface area contributed by atoms with Crippen LogP contribution in [0.2, 0.25) is 0 Å². The molecule has 0 heterocycles. The molecular formula is C16H25NO3. The molecule has 2 atom stereocenters.